The Kier molecular flexibility index (Phi) is 15.3. The first-order valence-electron chi connectivity index (χ1n) is 21.2. The molecule has 3 atom stereocenters. The van der Waals surface area contributed by atoms with Crippen molar-refractivity contribution in [2.24, 2.45) is 11.1 Å². The van der Waals surface area contributed by atoms with Crippen LogP contribution in [0.25, 0.3) is 22.2 Å². The Morgan fingerprint density at radius 1 is 0.921 bits per heavy atom. The molecule has 0 radical (unpaired) electrons. The molecule has 3 fully saturated rings. The van der Waals surface area contributed by atoms with Crippen LogP contribution in [0, 0.1) is 5.41 Å². The van der Waals surface area contributed by atoms with Crippen LogP contribution in [-0.4, -0.2) is 142 Å². The van der Waals surface area contributed by atoms with Crippen LogP contribution in [0.15, 0.2) is 41.4 Å². The van der Waals surface area contributed by atoms with Crippen molar-refractivity contribution >= 4 is 61.9 Å². The van der Waals surface area contributed by atoms with Crippen molar-refractivity contribution in [1.29, 1.82) is 0 Å². The summed E-state index contributed by atoms with van der Waals surface area (Å²) in [5.74, 6) is 0.191. The highest BCUT2D eigenvalue weighted by Crippen LogP contribution is 2.59. The van der Waals surface area contributed by atoms with Gasteiger partial charge in [0.2, 0.25) is 17.7 Å². The van der Waals surface area contributed by atoms with Crippen LogP contribution in [0.4, 0.5) is 5.82 Å². The maximum absolute atomic E-state index is 14.1. The van der Waals surface area contributed by atoms with Gasteiger partial charge in [0.15, 0.2) is 11.6 Å². The van der Waals surface area contributed by atoms with Crippen molar-refractivity contribution in [3.63, 3.8) is 0 Å². The third-order valence-corrected chi connectivity index (χ3v) is 11.8. The van der Waals surface area contributed by atoms with E-state index in [1.807, 2.05) is 12.1 Å². The minimum absolute atomic E-state index is 0.0669. The number of anilines is 1. The van der Waals surface area contributed by atoms with E-state index in [2.05, 4.69) is 58.5 Å². The summed E-state index contributed by atoms with van der Waals surface area (Å²) in [7, 11) is 0. The van der Waals surface area contributed by atoms with Gasteiger partial charge >= 0.3 is 0 Å². The van der Waals surface area contributed by atoms with E-state index in [1.54, 1.807) is 29.6 Å². The zero-order valence-corrected chi connectivity index (χ0v) is 37.1. The molecule has 63 heavy (non-hydrogen) atoms. The summed E-state index contributed by atoms with van der Waals surface area (Å²) < 4.78 is 23.3. The highest BCUT2D eigenvalue weighted by Gasteiger charge is 2.64. The molecule has 0 aromatic carbocycles. The van der Waals surface area contributed by atoms with E-state index < -0.39 is 6.04 Å². The summed E-state index contributed by atoms with van der Waals surface area (Å²) in [6.07, 6.45) is 8.74. The second-order valence-corrected chi connectivity index (χ2v) is 17.1. The number of likely N-dealkylation sites (tertiary alicyclic amines) is 1. The first-order chi connectivity index (χ1) is 30.4. The van der Waals surface area contributed by atoms with Crippen LogP contribution in [0.3, 0.4) is 0 Å². The number of Topliss-reactive ketones (excluding diaryl/α,β-unsaturated/α-hetero) is 2. The van der Waals surface area contributed by atoms with Gasteiger partial charge in [-0.05, 0) is 70.6 Å². The van der Waals surface area contributed by atoms with Crippen LogP contribution in [0.5, 0.6) is 0 Å². The number of carbonyl (C=O) groups excluding carboxylic acids is 5. The average molecular weight is 934 g/mol. The molecule has 336 valence electrons. The molecule has 4 N–H and O–H groups in total. The van der Waals surface area contributed by atoms with Gasteiger partial charge in [-0.2, -0.15) is 5.10 Å². The minimum Gasteiger partial charge on any atom is -0.378 e. The summed E-state index contributed by atoms with van der Waals surface area (Å²) in [6.45, 7) is 5.86. The van der Waals surface area contributed by atoms with Gasteiger partial charge < -0.3 is 40.2 Å². The third-order valence-electron chi connectivity index (χ3n) is 11.3. The summed E-state index contributed by atoms with van der Waals surface area (Å²) >= 11 is 3.42. The first kappa shape index (κ1) is 45.9. The molecule has 3 aliphatic rings. The molecule has 0 spiro atoms. The highest BCUT2D eigenvalue weighted by molar-refractivity contribution is 9.10. The number of piperidine rings is 1. The normalized spacial score (nSPS) is 19.0. The summed E-state index contributed by atoms with van der Waals surface area (Å²) in [6, 6.07) is 4.85. The Hall–Kier alpha value is -5.12. The fraction of sp³-hybridized carbons (Fsp3) is 0.535. The van der Waals surface area contributed by atoms with Gasteiger partial charge in [-0.3, -0.25) is 33.6 Å². The number of fused-ring (bicyclic) bond motifs is 2. The molecule has 4 aromatic heterocycles. The lowest BCUT2D eigenvalue weighted by Gasteiger charge is -2.27. The first-order valence-corrected chi connectivity index (χ1v) is 22.0. The van der Waals surface area contributed by atoms with Crippen LogP contribution < -0.4 is 16.4 Å². The second kappa shape index (κ2) is 21.0. The lowest BCUT2D eigenvalue weighted by molar-refractivity contribution is -0.138. The molecule has 1 saturated heterocycles. The van der Waals surface area contributed by atoms with Gasteiger partial charge in [0.1, 0.15) is 47.7 Å². The molecular weight excluding hydrogens is 880 g/mol. The Morgan fingerprint density at radius 3 is 2.38 bits per heavy atom. The summed E-state index contributed by atoms with van der Waals surface area (Å²) in [4.78, 5) is 84.6. The van der Waals surface area contributed by atoms with Crippen molar-refractivity contribution in [3.8, 4) is 11.3 Å². The number of pyridine rings is 2. The van der Waals surface area contributed by atoms with E-state index in [4.69, 9.17) is 24.7 Å². The Labute approximate surface area is 372 Å². The number of aryl methyl sites for hydroxylation is 1. The molecule has 0 unspecified atom stereocenters. The SMILES string of the molecule is CC(=O)c1nn(CC(=O)N2[C@H](C(=O)Nc3nc(Br)ccc3C3CC3)C[C@@]3(C)C[C@@H]23)c2cnc(-c3cnc(CCC(=O)COCCOCCNC(=O)COCCOCCN)nc3)cc12. The number of halogens is 1. The molecular formula is C43H53BrN10O9. The van der Waals surface area contributed by atoms with Crippen molar-refractivity contribution in [1.82, 2.24) is 39.9 Å². The Bertz CT molecular complexity index is 2310. The molecule has 5 heterocycles. The minimum atomic E-state index is -0.669. The van der Waals surface area contributed by atoms with Crippen molar-refractivity contribution < 1.29 is 42.9 Å². The quantitative estimate of drug-likeness (QED) is 0.0492. The van der Waals surface area contributed by atoms with Crippen LogP contribution in [-0.2, 0) is 51.1 Å². The van der Waals surface area contributed by atoms with Crippen LogP contribution >= 0.6 is 15.9 Å². The number of amides is 3. The molecule has 19 nitrogen and oxygen atoms in total. The van der Waals surface area contributed by atoms with Gasteiger partial charge in [-0.1, -0.05) is 13.0 Å². The van der Waals surface area contributed by atoms with E-state index >= 15 is 0 Å². The van der Waals surface area contributed by atoms with E-state index in [1.165, 1.54) is 11.6 Å². The average Bonchev–Trinajstić information content (AvgIpc) is 4.17. The third kappa shape index (κ3) is 11.9. The van der Waals surface area contributed by atoms with Gasteiger partial charge in [-0.25, -0.2) is 15.0 Å². The Morgan fingerprint density at radius 2 is 1.65 bits per heavy atom. The molecule has 2 aliphatic carbocycles. The van der Waals surface area contributed by atoms with Gasteiger partial charge in [0.05, 0.1) is 57.0 Å². The maximum Gasteiger partial charge on any atom is 0.248 e. The Balaban J connectivity index is 0.873. The number of ketones is 2. The molecule has 7 rings (SSSR count). The lowest BCUT2D eigenvalue weighted by atomic mass is 10.0. The number of carbonyl (C=O) groups is 5. The number of nitrogens with one attached hydrogen (secondary N) is 2. The van der Waals surface area contributed by atoms with E-state index in [0.29, 0.717) is 90.1 Å². The number of nitrogens with zero attached hydrogens (tertiary/aromatic N) is 7. The molecule has 4 aromatic rings. The zero-order chi connectivity index (χ0) is 44.5. The molecule has 0 bridgehead atoms. The molecule has 20 heteroatoms. The monoisotopic (exact) mass is 932 g/mol. The predicted octanol–water partition coefficient (Wildman–Crippen LogP) is 2.79. The van der Waals surface area contributed by atoms with E-state index in [-0.39, 0.29) is 92.4 Å². The number of hydrogen-bond acceptors (Lipinski definition) is 15. The molecule has 3 amide bonds. The van der Waals surface area contributed by atoms with Gasteiger partial charge in [-0.15, -0.1) is 0 Å². The summed E-state index contributed by atoms with van der Waals surface area (Å²) in [5, 5.41) is 10.8. The molecule has 2 saturated carbocycles. The maximum atomic E-state index is 14.1. The highest BCUT2D eigenvalue weighted by atomic mass is 79.9. The zero-order valence-electron chi connectivity index (χ0n) is 35.5. The topological polar surface area (TPSA) is 245 Å². The number of hydrogen-bond donors (Lipinski definition) is 3. The largest absolute Gasteiger partial charge is 0.378 e. The van der Waals surface area contributed by atoms with Gasteiger partial charge in [0, 0.05) is 62.2 Å². The number of ether oxygens (including phenoxy) is 4. The lowest BCUT2D eigenvalue weighted by Crippen LogP contribution is -2.47. The van der Waals surface area contributed by atoms with Crippen molar-refractivity contribution in [2.45, 2.75) is 76.9 Å². The second-order valence-electron chi connectivity index (χ2n) is 16.3. The fourth-order valence-electron chi connectivity index (χ4n) is 7.78. The summed E-state index contributed by atoms with van der Waals surface area (Å²) in [5.41, 5.74) is 7.98. The van der Waals surface area contributed by atoms with Gasteiger partial charge in [0.25, 0.3) is 0 Å². The van der Waals surface area contributed by atoms with Crippen molar-refractivity contribution in [3.05, 3.63) is 58.5 Å². The number of aromatic nitrogens is 6. The number of nitrogens with two attached hydrogens (primary N) is 1. The van der Waals surface area contributed by atoms with Crippen LogP contribution in [0.1, 0.15) is 73.7 Å². The standard InChI is InChI=1S/C43H53BrN10O9/c1-26(55)40-31-17-32(28-20-48-37(49-21-28)8-5-29(56)24-62-15-14-61-12-10-46-38(57)25-63-16-13-60-11-9-45)47-22-34(31)53(52-40)23-39(58)54-33(18-43(2)19-35(43)54)42(59)51-41-30(27-3-4-27)6-7-36(44)50-41/h6-7,17,20-22,27,33,35H,3-5,8-16,18-19,23-25,45H2,1-2H3,(H,46,57)(H,50,51,59)/t33-,35+,43-/m0/s1. The predicted molar refractivity (Wildman–Crippen MR) is 232 cm³/mol. The van der Waals surface area contributed by atoms with E-state index in [9.17, 15) is 24.0 Å². The molecule has 1 aliphatic heterocycles. The smallest absolute Gasteiger partial charge is 0.248 e. The number of rotatable bonds is 25. The van der Waals surface area contributed by atoms with E-state index in [0.717, 1.165) is 24.8 Å². The van der Waals surface area contributed by atoms with Crippen LogP contribution in [0.2, 0.25) is 0 Å². The van der Waals surface area contributed by atoms with Crippen molar-refractivity contribution in [2.75, 3.05) is 71.3 Å². The fourth-order valence-corrected chi connectivity index (χ4v) is 8.09.